The third-order valence-corrected chi connectivity index (χ3v) is 4.84. The van der Waals surface area contributed by atoms with Crippen molar-refractivity contribution in [1.82, 2.24) is 15.1 Å². The summed E-state index contributed by atoms with van der Waals surface area (Å²) in [5, 5.41) is 3.04. The minimum atomic E-state index is -0.143. The van der Waals surface area contributed by atoms with Crippen LogP contribution in [0.5, 0.6) is 5.75 Å². The van der Waals surface area contributed by atoms with Crippen LogP contribution < -0.4 is 10.1 Å². The molecule has 1 saturated heterocycles. The number of nitrogens with one attached hydrogen (secondary N) is 1. The predicted octanol–water partition coefficient (Wildman–Crippen LogP) is 3.01. The summed E-state index contributed by atoms with van der Waals surface area (Å²) in [7, 11) is 1.75. The molecule has 1 N–H and O–H groups in total. The molecule has 0 saturated carbocycles. The fraction of sp³-hybridized carbons (Fsp3) is 0.364. The third kappa shape index (κ3) is 5.49. The number of hydrogen-bond acceptors (Lipinski definition) is 3. The van der Waals surface area contributed by atoms with Gasteiger partial charge in [0.1, 0.15) is 12.4 Å². The number of rotatable bonds is 6. The van der Waals surface area contributed by atoms with Gasteiger partial charge in [0.05, 0.1) is 6.54 Å². The van der Waals surface area contributed by atoms with Gasteiger partial charge >= 0.3 is 6.03 Å². The molecule has 6 nitrogen and oxygen atoms in total. The van der Waals surface area contributed by atoms with Gasteiger partial charge in [-0.05, 0) is 37.1 Å². The number of nitrogens with zero attached hydrogens (tertiary/aromatic N) is 2. The Morgan fingerprint density at radius 3 is 2.50 bits per heavy atom. The Labute approximate surface area is 166 Å². The van der Waals surface area contributed by atoms with Crippen LogP contribution in [0.1, 0.15) is 23.2 Å². The molecule has 0 aliphatic carbocycles. The number of hydrogen-bond donors (Lipinski definition) is 1. The van der Waals surface area contributed by atoms with Crippen LogP contribution in [0.4, 0.5) is 4.79 Å². The number of carbonyl (C=O) groups is 2. The molecule has 3 rings (SSSR count). The van der Waals surface area contributed by atoms with Crippen molar-refractivity contribution in [3.63, 3.8) is 0 Å². The molecule has 0 aromatic heterocycles. The monoisotopic (exact) mass is 381 g/mol. The average molecular weight is 381 g/mol. The maximum Gasteiger partial charge on any atom is 0.317 e. The molecule has 2 aromatic rings. The van der Waals surface area contributed by atoms with Gasteiger partial charge in [-0.2, -0.15) is 0 Å². The van der Waals surface area contributed by atoms with E-state index < -0.39 is 0 Å². The van der Waals surface area contributed by atoms with Crippen LogP contribution in [-0.4, -0.2) is 61.1 Å². The summed E-state index contributed by atoms with van der Waals surface area (Å²) in [6.07, 6.45) is 1.75. The summed E-state index contributed by atoms with van der Waals surface area (Å²) in [6.45, 7) is 2.17. The van der Waals surface area contributed by atoms with Gasteiger partial charge in [-0.15, -0.1) is 0 Å². The Hall–Kier alpha value is -3.02. The third-order valence-electron chi connectivity index (χ3n) is 4.84. The van der Waals surface area contributed by atoms with E-state index in [2.05, 4.69) is 5.32 Å². The molecule has 0 bridgehead atoms. The molecule has 1 unspecified atom stereocenters. The summed E-state index contributed by atoms with van der Waals surface area (Å²) in [5.41, 5.74) is 0.685. The summed E-state index contributed by atoms with van der Waals surface area (Å²) in [5.74, 6) is 0.808. The quantitative estimate of drug-likeness (QED) is 0.837. The van der Waals surface area contributed by atoms with Crippen molar-refractivity contribution >= 4 is 11.9 Å². The van der Waals surface area contributed by atoms with E-state index in [-0.39, 0.29) is 18.0 Å². The maximum absolute atomic E-state index is 12.6. The van der Waals surface area contributed by atoms with Crippen molar-refractivity contribution in [3.8, 4) is 5.75 Å². The number of amides is 3. The average Bonchev–Trinajstić information content (AvgIpc) is 2.74. The zero-order valence-corrected chi connectivity index (χ0v) is 16.2. The van der Waals surface area contributed by atoms with Gasteiger partial charge < -0.3 is 19.9 Å². The number of urea groups is 1. The highest BCUT2D eigenvalue weighted by molar-refractivity contribution is 5.94. The molecular weight excluding hydrogens is 354 g/mol. The number of benzene rings is 2. The lowest BCUT2D eigenvalue weighted by Crippen LogP contribution is -2.52. The first kappa shape index (κ1) is 19.7. The number of likely N-dealkylation sites (tertiary alicyclic amines) is 1. The van der Waals surface area contributed by atoms with Crippen molar-refractivity contribution in [2.24, 2.45) is 0 Å². The number of carbonyl (C=O) groups excluding carboxylic acids is 2. The predicted molar refractivity (Wildman–Crippen MR) is 108 cm³/mol. The zero-order valence-electron chi connectivity index (χ0n) is 16.2. The Balaban J connectivity index is 1.44. The molecule has 3 amide bonds. The Morgan fingerprint density at radius 2 is 1.79 bits per heavy atom. The fourth-order valence-corrected chi connectivity index (χ4v) is 3.25. The van der Waals surface area contributed by atoms with Crippen LogP contribution in [0.2, 0.25) is 0 Å². The van der Waals surface area contributed by atoms with Gasteiger partial charge in [0.15, 0.2) is 0 Å². The molecule has 2 aromatic carbocycles. The van der Waals surface area contributed by atoms with E-state index in [1.165, 1.54) is 0 Å². The van der Waals surface area contributed by atoms with Crippen molar-refractivity contribution < 1.29 is 14.3 Å². The van der Waals surface area contributed by atoms with Gasteiger partial charge in [0, 0.05) is 31.7 Å². The fourth-order valence-electron chi connectivity index (χ4n) is 3.25. The van der Waals surface area contributed by atoms with Gasteiger partial charge in [-0.1, -0.05) is 36.4 Å². The second kappa shape index (κ2) is 9.78. The zero-order chi connectivity index (χ0) is 19.8. The largest absolute Gasteiger partial charge is 0.492 e. The molecule has 1 aliphatic rings. The van der Waals surface area contributed by atoms with Crippen molar-refractivity contribution in [2.75, 3.05) is 33.3 Å². The summed E-state index contributed by atoms with van der Waals surface area (Å²) in [4.78, 5) is 28.5. The molecule has 1 aliphatic heterocycles. The van der Waals surface area contributed by atoms with Crippen LogP contribution in [-0.2, 0) is 0 Å². The van der Waals surface area contributed by atoms with Crippen LogP contribution >= 0.6 is 0 Å². The SMILES string of the molecule is CN(CCOc1ccccc1)C(=O)NC1CCCN(C(=O)c2ccccc2)C1. The van der Waals surface area contributed by atoms with Crippen molar-refractivity contribution in [3.05, 3.63) is 66.2 Å². The first-order valence-electron chi connectivity index (χ1n) is 9.67. The standard InChI is InChI=1S/C22H27N3O3/c1-24(15-16-28-20-12-6-3-7-13-20)22(27)23-19-11-8-14-25(17-19)21(26)18-9-4-2-5-10-18/h2-7,9-10,12-13,19H,8,11,14-17H2,1H3,(H,23,27). The molecule has 0 spiro atoms. The Morgan fingerprint density at radius 1 is 1.11 bits per heavy atom. The highest BCUT2D eigenvalue weighted by Gasteiger charge is 2.26. The molecule has 6 heteroatoms. The Bertz CT molecular complexity index is 767. The van der Waals surface area contributed by atoms with Crippen LogP contribution in [0.15, 0.2) is 60.7 Å². The smallest absolute Gasteiger partial charge is 0.317 e. The number of likely N-dealkylation sites (N-methyl/N-ethyl adjacent to an activating group) is 1. The Kier molecular flexibility index (Phi) is 6.89. The minimum Gasteiger partial charge on any atom is -0.492 e. The lowest BCUT2D eigenvalue weighted by molar-refractivity contribution is 0.0694. The van der Waals surface area contributed by atoms with Crippen molar-refractivity contribution in [1.29, 1.82) is 0 Å². The number of para-hydroxylation sites is 1. The number of ether oxygens (including phenoxy) is 1. The lowest BCUT2D eigenvalue weighted by atomic mass is 10.0. The van der Waals surface area contributed by atoms with Crippen LogP contribution in [0.3, 0.4) is 0 Å². The summed E-state index contributed by atoms with van der Waals surface area (Å²) >= 11 is 0. The first-order valence-corrected chi connectivity index (χ1v) is 9.67. The van der Waals surface area contributed by atoms with Crippen LogP contribution in [0, 0.1) is 0 Å². The topological polar surface area (TPSA) is 61.9 Å². The van der Waals surface area contributed by atoms with E-state index in [0.29, 0.717) is 25.3 Å². The van der Waals surface area contributed by atoms with E-state index in [4.69, 9.17) is 4.74 Å². The molecule has 1 atom stereocenters. The van der Waals surface area contributed by atoms with E-state index >= 15 is 0 Å². The normalized spacial score (nSPS) is 16.3. The highest BCUT2D eigenvalue weighted by Crippen LogP contribution is 2.14. The van der Waals surface area contributed by atoms with E-state index in [1.54, 1.807) is 11.9 Å². The summed E-state index contributed by atoms with van der Waals surface area (Å²) < 4.78 is 5.64. The molecule has 0 radical (unpaired) electrons. The minimum absolute atomic E-state index is 0.0177. The molecule has 1 heterocycles. The van der Waals surface area contributed by atoms with Gasteiger partial charge in [-0.3, -0.25) is 4.79 Å². The molecule has 1 fully saturated rings. The van der Waals surface area contributed by atoms with E-state index in [1.807, 2.05) is 65.6 Å². The highest BCUT2D eigenvalue weighted by atomic mass is 16.5. The van der Waals surface area contributed by atoms with Crippen LogP contribution in [0.25, 0.3) is 0 Å². The second-order valence-corrected chi connectivity index (χ2v) is 6.99. The lowest BCUT2D eigenvalue weighted by Gasteiger charge is -2.34. The number of piperidine rings is 1. The van der Waals surface area contributed by atoms with E-state index in [9.17, 15) is 9.59 Å². The van der Waals surface area contributed by atoms with Gasteiger partial charge in [0.25, 0.3) is 5.91 Å². The maximum atomic E-state index is 12.6. The second-order valence-electron chi connectivity index (χ2n) is 6.99. The molecular formula is C22H27N3O3. The van der Waals surface area contributed by atoms with Crippen molar-refractivity contribution in [2.45, 2.75) is 18.9 Å². The molecule has 28 heavy (non-hydrogen) atoms. The summed E-state index contributed by atoms with van der Waals surface area (Å²) in [6, 6.07) is 18.6. The van der Waals surface area contributed by atoms with Gasteiger partial charge in [0.2, 0.25) is 0 Å². The van der Waals surface area contributed by atoms with E-state index in [0.717, 1.165) is 25.1 Å². The first-order chi connectivity index (χ1) is 13.6. The molecule has 148 valence electrons. The van der Waals surface area contributed by atoms with Gasteiger partial charge in [-0.25, -0.2) is 4.79 Å².